The number of hydrogen-bond donors (Lipinski definition) is 2. The third-order valence-electron chi connectivity index (χ3n) is 5.32. The van der Waals surface area contributed by atoms with Crippen molar-refractivity contribution in [3.05, 3.63) is 138 Å². The lowest BCUT2D eigenvalue weighted by atomic mass is 9.96. The Hall–Kier alpha value is -3.99. The van der Waals surface area contributed by atoms with Gasteiger partial charge in [0.25, 0.3) is 0 Å². The van der Waals surface area contributed by atoms with Crippen molar-refractivity contribution in [3.8, 4) is 0 Å². The molecule has 0 saturated carbocycles. The molecule has 164 valence electrons. The first-order valence-electron chi connectivity index (χ1n) is 10.8. The molecule has 0 fully saturated rings. The third-order valence-corrected chi connectivity index (χ3v) is 5.32. The van der Waals surface area contributed by atoms with Crippen LogP contribution in [0.2, 0.25) is 0 Å². The molecule has 0 amide bonds. The Bertz CT molecular complexity index is 1110. The third kappa shape index (κ3) is 5.63. The van der Waals surface area contributed by atoms with Crippen molar-refractivity contribution in [2.75, 3.05) is 5.01 Å². The molecule has 0 unspecified atom stereocenters. The highest BCUT2D eigenvalue weighted by Gasteiger charge is 2.08. The maximum absolute atomic E-state index is 9.40. The SMILES string of the molecule is OCc1ccc(C(=C/C=N/N(c2ccccc2)c2ccccc2)c2ccc(CO)cc2)cc1. The molecule has 33 heavy (non-hydrogen) atoms. The second-order valence-electron chi connectivity index (χ2n) is 7.54. The fraction of sp³-hybridized carbons (Fsp3) is 0.0690. The Balaban J connectivity index is 1.73. The van der Waals surface area contributed by atoms with Gasteiger partial charge in [0.2, 0.25) is 0 Å². The van der Waals surface area contributed by atoms with Crippen LogP contribution in [0.4, 0.5) is 11.4 Å². The van der Waals surface area contributed by atoms with Crippen LogP contribution < -0.4 is 5.01 Å². The zero-order chi connectivity index (χ0) is 22.9. The molecule has 2 N–H and O–H groups in total. The second kappa shape index (κ2) is 11.0. The van der Waals surface area contributed by atoms with Crippen LogP contribution in [0.1, 0.15) is 22.3 Å². The molecule has 0 saturated heterocycles. The average Bonchev–Trinajstić information content (AvgIpc) is 2.90. The number of benzene rings is 4. The molecule has 0 aliphatic heterocycles. The molecule has 0 aliphatic rings. The van der Waals surface area contributed by atoms with Gasteiger partial charge in [-0.15, -0.1) is 0 Å². The standard InChI is InChI=1S/C29H26N2O2/c32-21-23-11-15-25(16-12-23)29(26-17-13-24(22-33)14-18-26)19-20-30-31(27-7-3-1-4-8-27)28-9-5-2-6-10-28/h1-20,32-33H,21-22H2/b30-20+. The van der Waals surface area contributed by atoms with E-state index in [0.717, 1.165) is 39.2 Å². The second-order valence-corrected chi connectivity index (χ2v) is 7.54. The van der Waals surface area contributed by atoms with Gasteiger partial charge in [0.15, 0.2) is 0 Å². The predicted octanol–water partition coefficient (Wildman–Crippen LogP) is 5.93. The molecule has 4 heteroatoms. The van der Waals surface area contributed by atoms with Crippen molar-refractivity contribution >= 4 is 23.2 Å². The first-order valence-corrected chi connectivity index (χ1v) is 10.8. The Morgan fingerprint density at radius 1 is 0.606 bits per heavy atom. The number of nitrogens with zero attached hydrogens (tertiary/aromatic N) is 2. The van der Waals surface area contributed by atoms with E-state index in [4.69, 9.17) is 5.10 Å². The number of hydrogen-bond acceptors (Lipinski definition) is 4. The molecule has 0 aromatic heterocycles. The summed E-state index contributed by atoms with van der Waals surface area (Å²) in [5.41, 5.74) is 6.68. The number of aliphatic hydroxyl groups is 2. The van der Waals surface area contributed by atoms with Crippen LogP contribution in [-0.2, 0) is 13.2 Å². The van der Waals surface area contributed by atoms with E-state index in [1.165, 1.54) is 0 Å². The number of rotatable bonds is 8. The highest BCUT2D eigenvalue weighted by atomic mass is 16.3. The van der Waals surface area contributed by atoms with Crippen molar-refractivity contribution in [3.63, 3.8) is 0 Å². The molecule has 0 heterocycles. The van der Waals surface area contributed by atoms with Gasteiger partial charge in [-0.05, 0) is 58.2 Å². The van der Waals surface area contributed by atoms with Gasteiger partial charge in [-0.2, -0.15) is 5.10 Å². The molecule has 0 atom stereocenters. The predicted molar refractivity (Wildman–Crippen MR) is 135 cm³/mol. The van der Waals surface area contributed by atoms with E-state index in [2.05, 4.69) is 0 Å². The molecule has 4 aromatic carbocycles. The quantitative estimate of drug-likeness (QED) is 0.267. The molecule has 4 rings (SSSR count). The Labute approximate surface area is 194 Å². The molecular weight excluding hydrogens is 408 g/mol. The largest absolute Gasteiger partial charge is 0.392 e. The highest BCUT2D eigenvalue weighted by Crippen LogP contribution is 2.26. The van der Waals surface area contributed by atoms with Gasteiger partial charge < -0.3 is 10.2 Å². The van der Waals surface area contributed by atoms with Crippen LogP contribution >= 0.6 is 0 Å². The van der Waals surface area contributed by atoms with Crippen LogP contribution in [0.25, 0.3) is 5.57 Å². The van der Waals surface area contributed by atoms with Crippen molar-refractivity contribution in [1.29, 1.82) is 0 Å². The van der Waals surface area contributed by atoms with Gasteiger partial charge >= 0.3 is 0 Å². The summed E-state index contributed by atoms with van der Waals surface area (Å²) in [6, 6.07) is 35.7. The summed E-state index contributed by atoms with van der Waals surface area (Å²) >= 11 is 0. The fourth-order valence-corrected chi connectivity index (χ4v) is 3.53. The van der Waals surface area contributed by atoms with Gasteiger partial charge in [0.1, 0.15) is 0 Å². The average molecular weight is 435 g/mol. The molecule has 0 radical (unpaired) electrons. The maximum Gasteiger partial charge on any atom is 0.0681 e. The number of allylic oxidation sites excluding steroid dienone is 1. The van der Waals surface area contributed by atoms with Gasteiger partial charge in [0.05, 0.1) is 24.6 Å². The highest BCUT2D eigenvalue weighted by molar-refractivity contribution is 5.92. The van der Waals surface area contributed by atoms with Crippen molar-refractivity contribution in [2.24, 2.45) is 5.10 Å². The van der Waals surface area contributed by atoms with Gasteiger partial charge in [0, 0.05) is 6.21 Å². The minimum atomic E-state index is 0.00902. The lowest BCUT2D eigenvalue weighted by molar-refractivity contribution is 0.281. The van der Waals surface area contributed by atoms with E-state index in [1.807, 2.05) is 120 Å². The minimum Gasteiger partial charge on any atom is -0.392 e. The van der Waals surface area contributed by atoms with E-state index in [-0.39, 0.29) is 13.2 Å². The topological polar surface area (TPSA) is 56.1 Å². The molecular formula is C29H26N2O2. The van der Waals surface area contributed by atoms with Gasteiger partial charge in [-0.1, -0.05) is 84.9 Å². The molecule has 0 bridgehead atoms. The summed E-state index contributed by atoms with van der Waals surface area (Å²) in [5.74, 6) is 0. The van der Waals surface area contributed by atoms with E-state index in [0.29, 0.717) is 0 Å². The van der Waals surface area contributed by atoms with Gasteiger partial charge in [-0.25, -0.2) is 5.01 Å². The van der Waals surface area contributed by atoms with Crippen molar-refractivity contribution < 1.29 is 10.2 Å². The lowest BCUT2D eigenvalue weighted by Gasteiger charge is -2.19. The number of anilines is 2. The van der Waals surface area contributed by atoms with Crippen LogP contribution in [0, 0.1) is 0 Å². The molecule has 0 aliphatic carbocycles. The first kappa shape index (κ1) is 22.2. The minimum absolute atomic E-state index is 0.00902. The molecule has 4 nitrogen and oxygen atoms in total. The van der Waals surface area contributed by atoms with E-state index in [9.17, 15) is 10.2 Å². The summed E-state index contributed by atoms with van der Waals surface area (Å²) < 4.78 is 0. The first-order chi connectivity index (χ1) is 16.3. The van der Waals surface area contributed by atoms with Crippen LogP contribution in [0.3, 0.4) is 0 Å². The van der Waals surface area contributed by atoms with E-state index < -0.39 is 0 Å². The van der Waals surface area contributed by atoms with Crippen LogP contribution in [0.15, 0.2) is 120 Å². The van der Waals surface area contributed by atoms with Crippen molar-refractivity contribution in [2.45, 2.75) is 13.2 Å². The zero-order valence-electron chi connectivity index (χ0n) is 18.3. The maximum atomic E-state index is 9.40. The zero-order valence-corrected chi connectivity index (χ0v) is 18.3. The van der Waals surface area contributed by atoms with Crippen LogP contribution in [-0.4, -0.2) is 16.4 Å². The normalized spacial score (nSPS) is 10.8. The summed E-state index contributed by atoms with van der Waals surface area (Å²) in [4.78, 5) is 0. The Morgan fingerprint density at radius 3 is 1.42 bits per heavy atom. The molecule has 4 aromatic rings. The van der Waals surface area contributed by atoms with Crippen LogP contribution in [0.5, 0.6) is 0 Å². The molecule has 0 spiro atoms. The summed E-state index contributed by atoms with van der Waals surface area (Å²) in [6.45, 7) is 0.0180. The fourth-order valence-electron chi connectivity index (χ4n) is 3.53. The lowest BCUT2D eigenvalue weighted by Crippen LogP contribution is -2.08. The number of hydrazone groups is 1. The smallest absolute Gasteiger partial charge is 0.0681 e. The van der Waals surface area contributed by atoms with Gasteiger partial charge in [-0.3, -0.25) is 0 Å². The van der Waals surface area contributed by atoms with Crippen molar-refractivity contribution in [1.82, 2.24) is 0 Å². The van der Waals surface area contributed by atoms with E-state index in [1.54, 1.807) is 6.21 Å². The number of para-hydroxylation sites is 2. The summed E-state index contributed by atoms with van der Waals surface area (Å²) in [6.07, 6.45) is 3.79. The summed E-state index contributed by atoms with van der Waals surface area (Å²) in [5, 5.41) is 25.5. The Kier molecular flexibility index (Phi) is 7.44. The number of aliphatic hydroxyl groups excluding tert-OH is 2. The monoisotopic (exact) mass is 434 g/mol. The Morgan fingerprint density at radius 2 is 1.03 bits per heavy atom. The van der Waals surface area contributed by atoms with E-state index >= 15 is 0 Å². The summed E-state index contributed by atoms with van der Waals surface area (Å²) in [7, 11) is 0.